The van der Waals surface area contributed by atoms with Crippen molar-refractivity contribution in [1.29, 1.82) is 0 Å². The molecule has 0 unspecified atom stereocenters. The van der Waals surface area contributed by atoms with Crippen LogP contribution in [0, 0.1) is 5.82 Å². The highest BCUT2D eigenvalue weighted by atomic mass is 127. The summed E-state index contributed by atoms with van der Waals surface area (Å²) in [7, 11) is 1.72. The van der Waals surface area contributed by atoms with Gasteiger partial charge in [0.05, 0.1) is 17.1 Å². The molecule has 28 heavy (non-hydrogen) atoms. The molecule has 0 aliphatic heterocycles. The number of aliphatic imine (C=N–C) groups is 1. The minimum atomic E-state index is -0.136. The van der Waals surface area contributed by atoms with Crippen LogP contribution in [0.3, 0.4) is 0 Å². The average Bonchev–Trinajstić information content (AvgIpc) is 3.09. The van der Waals surface area contributed by atoms with E-state index < -0.39 is 0 Å². The van der Waals surface area contributed by atoms with Gasteiger partial charge in [0.1, 0.15) is 12.1 Å². The molecule has 5 nitrogen and oxygen atoms in total. The first-order valence-electron chi connectivity index (χ1n) is 8.88. The minimum absolute atomic E-state index is 0. The standard InChI is InChI=1S/C20H21FN4OS.HI/c1-22-19(23-11-14-12-26-18(25-14)17-7-4-10-27-17)24-13-20(8-9-20)15-5-2-3-6-16(15)21;/h2-7,10,12H,8-9,11,13H2,1H3,(H2,22,23,24);1H. The van der Waals surface area contributed by atoms with Gasteiger partial charge < -0.3 is 15.1 Å². The number of benzene rings is 1. The van der Waals surface area contributed by atoms with Crippen molar-refractivity contribution >= 4 is 41.3 Å². The summed E-state index contributed by atoms with van der Waals surface area (Å²) in [6, 6.07) is 11.0. The van der Waals surface area contributed by atoms with E-state index in [4.69, 9.17) is 4.42 Å². The van der Waals surface area contributed by atoms with E-state index in [1.807, 2.05) is 29.6 Å². The normalized spacial score (nSPS) is 15.0. The van der Waals surface area contributed by atoms with Gasteiger partial charge in [0.25, 0.3) is 0 Å². The Labute approximate surface area is 184 Å². The predicted octanol–water partition coefficient (Wildman–Crippen LogP) is 4.56. The van der Waals surface area contributed by atoms with Gasteiger partial charge in [-0.25, -0.2) is 9.37 Å². The van der Waals surface area contributed by atoms with Crippen LogP contribution in [0.4, 0.5) is 4.39 Å². The summed E-state index contributed by atoms with van der Waals surface area (Å²) < 4.78 is 19.7. The Morgan fingerprint density at radius 1 is 1.25 bits per heavy atom. The molecule has 1 saturated carbocycles. The zero-order chi connectivity index (χ0) is 18.7. The number of nitrogens with zero attached hydrogens (tertiary/aromatic N) is 2. The van der Waals surface area contributed by atoms with Crippen molar-refractivity contribution in [2.75, 3.05) is 13.6 Å². The molecular formula is C20H22FIN4OS. The smallest absolute Gasteiger partial charge is 0.236 e. The number of aromatic nitrogens is 1. The zero-order valence-electron chi connectivity index (χ0n) is 15.4. The van der Waals surface area contributed by atoms with E-state index >= 15 is 0 Å². The van der Waals surface area contributed by atoms with Gasteiger partial charge in [0, 0.05) is 19.0 Å². The first kappa shape index (κ1) is 20.8. The summed E-state index contributed by atoms with van der Waals surface area (Å²) in [5.74, 6) is 1.16. The molecule has 2 aromatic heterocycles. The quantitative estimate of drug-likeness (QED) is 0.289. The topological polar surface area (TPSA) is 62.5 Å². The number of hydrogen-bond acceptors (Lipinski definition) is 4. The van der Waals surface area contributed by atoms with Crippen LogP contribution in [0.15, 0.2) is 57.5 Å². The van der Waals surface area contributed by atoms with Crippen molar-refractivity contribution in [1.82, 2.24) is 15.6 Å². The van der Waals surface area contributed by atoms with Gasteiger partial charge in [-0.2, -0.15) is 0 Å². The molecule has 1 aromatic carbocycles. The van der Waals surface area contributed by atoms with Crippen LogP contribution in [0.1, 0.15) is 24.1 Å². The molecule has 0 amide bonds. The third-order valence-corrected chi connectivity index (χ3v) is 5.70. The number of nitrogens with one attached hydrogen (secondary N) is 2. The summed E-state index contributed by atoms with van der Waals surface area (Å²) in [6.07, 6.45) is 3.60. The fourth-order valence-electron chi connectivity index (χ4n) is 3.13. The first-order valence-corrected chi connectivity index (χ1v) is 9.76. The van der Waals surface area contributed by atoms with Crippen LogP contribution >= 0.6 is 35.3 Å². The van der Waals surface area contributed by atoms with E-state index in [1.54, 1.807) is 30.7 Å². The summed E-state index contributed by atoms with van der Waals surface area (Å²) in [5, 5.41) is 8.55. The minimum Gasteiger partial charge on any atom is -0.443 e. The number of halogens is 2. The predicted molar refractivity (Wildman–Crippen MR) is 121 cm³/mol. The molecule has 1 fully saturated rings. The van der Waals surface area contributed by atoms with Crippen LogP contribution < -0.4 is 10.6 Å². The highest BCUT2D eigenvalue weighted by Gasteiger charge is 2.45. The molecule has 1 aliphatic carbocycles. The molecule has 148 valence electrons. The molecular weight excluding hydrogens is 490 g/mol. The van der Waals surface area contributed by atoms with Crippen LogP contribution in [0.25, 0.3) is 10.8 Å². The summed E-state index contributed by atoms with van der Waals surface area (Å²) in [5.41, 5.74) is 1.45. The Bertz CT molecular complexity index is 937. The second-order valence-electron chi connectivity index (χ2n) is 6.66. The fourth-order valence-corrected chi connectivity index (χ4v) is 3.79. The SMILES string of the molecule is CN=C(NCc1coc(-c2cccs2)n1)NCC1(c2ccccc2F)CC1.I. The highest BCUT2D eigenvalue weighted by molar-refractivity contribution is 14.0. The lowest BCUT2D eigenvalue weighted by Gasteiger charge is -2.19. The van der Waals surface area contributed by atoms with Crippen molar-refractivity contribution in [3.05, 3.63) is 65.1 Å². The number of hydrogen-bond donors (Lipinski definition) is 2. The van der Waals surface area contributed by atoms with Gasteiger partial charge in [-0.15, -0.1) is 35.3 Å². The van der Waals surface area contributed by atoms with Crippen LogP contribution in [0.2, 0.25) is 0 Å². The molecule has 0 saturated heterocycles. The van der Waals surface area contributed by atoms with E-state index in [0.29, 0.717) is 24.9 Å². The van der Waals surface area contributed by atoms with Gasteiger partial charge >= 0.3 is 0 Å². The Morgan fingerprint density at radius 3 is 2.75 bits per heavy atom. The molecule has 1 aliphatic rings. The van der Waals surface area contributed by atoms with E-state index in [9.17, 15) is 4.39 Å². The van der Waals surface area contributed by atoms with Crippen molar-refractivity contribution in [2.45, 2.75) is 24.8 Å². The first-order chi connectivity index (χ1) is 13.2. The molecule has 0 spiro atoms. The van der Waals surface area contributed by atoms with Gasteiger partial charge in [-0.3, -0.25) is 4.99 Å². The molecule has 0 radical (unpaired) electrons. The third-order valence-electron chi connectivity index (χ3n) is 4.84. The second kappa shape index (κ2) is 9.04. The van der Waals surface area contributed by atoms with Gasteiger partial charge in [0.15, 0.2) is 5.96 Å². The number of thiophene rings is 1. The molecule has 2 N–H and O–H groups in total. The Morgan fingerprint density at radius 2 is 2.07 bits per heavy atom. The number of rotatable bonds is 6. The monoisotopic (exact) mass is 512 g/mol. The molecule has 3 aromatic rings. The highest BCUT2D eigenvalue weighted by Crippen LogP contribution is 2.48. The Balaban J connectivity index is 0.00000225. The summed E-state index contributed by atoms with van der Waals surface area (Å²) >= 11 is 1.59. The maximum absolute atomic E-state index is 14.1. The second-order valence-corrected chi connectivity index (χ2v) is 7.61. The fraction of sp³-hybridized carbons (Fsp3) is 0.300. The maximum Gasteiger partial charge on any atom is 0.236 e. The Kier molecular flexibility index (Phi) is 6.71. The van der Waals surface area contributed by atoms with E-state index in [2.05, 4.69) is 20.6 Å². The lowest BCUT2D eigenvalue weighted by molar-refractivity contribution is 0.559. The molecule has 8 heteroatoms. The number of guanidine groups is 1. The summed E-state index contributed by atoms with van der Waals surface area (Å²) in [6.45, 7) is 1.15. The lowest BCUT2D eigenvalue weighted by Crippen LogP contribution is -2.41. The Hall–Kier alpha value is -1.94. The third kappa shape index (κ3) is 4.54. The van der Waals surface area contributed by atoms with E-state index in [0.717, 1.165) is 29.0 Å². The molecule has 0 atom stereocenters. The van der Waals surface area contributed by atoms with E-state index in [-0.39, 0.29) is 35.2 Å². The van der Waals surface area contributed by atoms with Crippen LogP contribution in [-0.2, 0) is 12.0 Å². The largest absolute Gasteiger partial charge is 0.443 e. The number of oxazole rings is 1. The van der Waals surface area contributed by atoms with Crippen molar-refractivity contribution in [2.24, 2.45) is 4.99 Å². The van der Waals surface area contributed by atoms with Crippen molar-refractivity contribution < 1.29 is 8.81 Å². The van der Waals surface area contributed by atoms with Crippen molar-refractivity contribution in [3.8, 4) is 10.8 Å². The van der Waals surface area contributed by atoms with Gasteiger partial charge in [-0.05, 0) is 35.9 Å². The van der Waals surface area contributed by atoms with Gasteiger partial charge in [0.2, 0.25) is 5.89 Å². The molecule has 0 bridgehead atoms. The van der Waals surface area contributed by atoms with Crippen LogP contribution in [-0.4, -0.2) is 24.5 Å². The molecule has 4 rings (SSSR count). The maximum atomic E-state index is 14.1. The van der Waals surface area contributed by atoms with E-state index in [1.165, 1.54) is 6.07 Å². The van der Waals surface area contributed by atoms with Crippen molar-refractivity contribution in [3.63, 3.8) is 0 Å². The lowest BCUT2D eigenvalue weighted by atomic mass is 9.95. The van der Waals surface area contributed by atoms with Crippen LogP contribution in [0.5, 0.6) is 0 Å². The van der Waals surface area contributed by atoms with Gasteiger partial charge in [-0.1, -0.05) is 24.3 Å². The molecule has 2 heterocycles. The summed E-state index contributed by atoms with van der Waals surface area (Å²) in [4.78, 5) is 9.74. The zero-order valence-corrected chi connectivity index (χ0v) is 18.6. The average molecular weight is 512 g/mol.